The van der Waals surface area contributed by atoms with Gasteiger partial charge in [-0.05, 0) is 13.0 Å². The number of aryl methyl sites for hydroxylation is 1. The van der Waals surface area contributed by atoms with Gasteiger partial charge in [-0.2, -0.15) is 0 Å². The third-order valence-electron chi connectivity index (χ3n) is 2.50. The molecule has 0 aliphatic rings. The maximum atomic E-state index is 13.8. The number of Topliss-reactive ketones (excluding diaryl/α,β-unsaturated/α-hetero) is 2. The molecule has 0 heterocycles. The van der Waals surface area contributed by atoms with E-state index in [0.717, 1.165) is 5.56 Å². The Morgan fingerprint density at radius 2 is 1.82 bits per heavy atom. The minimum atomic E-state index is -2.07. The molecule has 0 bridgehead atoms. The molecular weight excluding hydrogens is 219 g/mol. The first kappa shape index (κ1) is 13.6. The van der Waals surface area contributed by atoms with E-state index in [9.17, 15) is 14.0 Å². The van der Waals surface area contributed by atoms with Gasteiger partial charge >= 0.3 is 0 Å². The SMILES string of the molecule is Cc1cccc(C(=O)C(F)C(=O)C(C)(C)C)c1. The van der Waals surface area contributed by atoms with Crippen molar-refractivity contribution in [2.24, 2.45) is 5.41 Å². The number of hydrogen-bond donors (Lipinski definition) is 0. The van der Waals surface area contributed by atoms with E-state index in [4.69, 9.17) is 0 Å². The molecule has 3 heteroatoms. The van der Waals surface area contributed by atoms with Crippen LogP contribution in [0.1, 0.15) is 36.7 Å². The molecule has 2 nitrogen and oxygen atoms in total. The van der Waals surface area contributed by atoms with Crippen molar-refractivity contribution in [1.82, 2.24) is 0 Å². The molecule has 0 N–H and O–H groups in total. The van der Waals surface area contributed by atoms with Crippen LogP contribution in [0.4, 0.5) is 4.39 Å². The molecule has 1 rings (SSSR count). The Labute approximate surface area is 101 Å². The summed E-state index contributed by atoms with van der Waals surface area (Å²) < 4.78 is 13.8. The summed E-state index contributed by atoms with van der Waals surface area (Å²) in [4.78, 5) is 23.5. The third kappa shape index (κ3) is 3.22. The second-order valence-corrected chi connectivity index (χ2v) is 5.21. The van der Waals surface area contributed by atoms with E-state index in [1.54, 1.807) is 32.9 Å². The Kier molecular flexibility index (Phi) is 3.81. The van der Waals surface area contributed by atoms with Crippen molar-refractivity contribution in [3.8, 4) is 0 Å². The molecule has 17 heavy (non-hydrogen) atoms. The highest BCUT2D eigenvalue weighted by Crippen LogP contribution is 2.21. The molecule has 0 saturated heterocycles. The smallest absolute Gasteiger partial charge is 0.221 e. The van der Waals surface area contributed by atoms with E-state index >= 15 is 0 Å². The van der Waals surface area contributed by atoms with Gasteiger partial charge in [-0.25, -0.2) is 4.39 Å². The van der Waals surface area contributed by atoms with Crippen LogP contribution in [0.2, 0.25) is 0 Å². The summed E-state index contributed by atoms with van der Waals surface area (Å²) in [6.45, 7) is 6.62. The van der Waals surface area contributed by atoms with Crippen LogP contribution in [0.25, 0.3) is 0 Å². The number of hydrogen-bond acceptors (Lipinski definition) is 2. The standard InChI is InChI=1S/C14H17FO2/c1-9-6-5-7-10(8-9)12(16)11(15)13(17)14(2,3)4/h5-8,11H,1-4H3. The van der Waals surface area contributed by atoms with Crippen molar-refractivity contribution < 1.29 is 14.0 Å². The summed E-state index contributed by atoms with van der Waals surface area (Å²) in [6.07, 6.45) is -2.07. The van der Waals surface area contributed by atoms with Gasteiger partial charge in [0.1, 0.15) is 0 Å². The highest BCUT2D eigenvalue weighted by atomic mass is 19.1. The van der Waals surface area contributed by atoms with Crippen LogP contribution in [0, 0.1) is 12.3 Å². The van der Waals surface area contributed by atoms with Crippen molar-refractivity contribution in [3.63, 3.8) is 0 Å². The molecule has 1 atom stereocenters. The first-order chi connectivity index (χ1) is 7.73. The molecule has 92 valence electrons. The Bertz CT molecular complexity index is 444. The van der Waals surface area contributed by atoms with Crippen molar-refractivity contribution in [1.29, 1.82) is 0 Å². The molecule has 1 aromatic rings. The first-order valence-corrected chi connectivity index (χ1v) is 5.53. The second kappa shape index (κ2) is 4.78. The lowest BCUT2D eigenvalue weighted by atomic mass is 9.86. The minimum Gasteiger partial charge on any atom is -0.295 e. The quantitative estimate of drug-likeness (QED) is 0.597. The Morgan fingerprint density at radius 1 is 1.24 bits per heavy atom. The molecule has 0 aromatic heterocycles. The third-order valence-corrected chi connectivity index (χ3v) is 2.50. The highest BCUT2D eigenvalue weighted by molar-refractivity contribution is 6.14. The van der Waals surface area contributed by atoms with E-state index in [-0.39, 0.29) is 5.56 Å². The molecule has 0 aliphatic heterocycles. The number of carbonyl (C=O) groups excluding carboxylic acids is 2. The highest BCUT2D eigenvalue weighted by Gasteiger charge is 2.34. The molecule has 0 aliphatic carbocycles. The van der Waals surface area contributed by atoms with Crippen LogP contribution in [0.15, 0.2) is 24.3 Å². The number of alkyl halides is 1. The number of benzene rings is 1. The van der Waals surface area contributed by atoms with Crippen molar-refractivity contribution in [2.45, 2.75) is 33.9 Å². The van der Waals surface area contributed by atoms with Gasteiger partial charge in [0.05, 0.1) is 0 Å². The second-order valence-electron chi connectivity index (χ2n) is 5.21. The van der Waals surface area contributed by atoms with Gasteiger partial charge in [-0.15, -0.1) is 0 Å². The predicted octanol–water partition coefficient (Wildman–Crippen LogP) is 3.13. The van der Waals surface area contributed by atoms with Gasteiger partial charge in [0.15, 0.2) is 5.78 Å². The van der Waals surface area contributed by atoms with Crippen molar-refractivity contribution in [2.75, 3.05) is 0 Å². The first-order valence-electron chi connectivity index (χ1n) is 5.53. The maximum absolute atomic E-state index is 13.8. The zero-order valence-corrected chi connectivity index (χ0v) is 10.6. The summed E-state index contributed by atoms with van der Waals surface area (Å²) in [5, 5.41) is 0. The summed E-state index contributed by atoms with van der Waals surface area (Å²) >= 11 is 0. The monoisotopic (exact) mass is 236 g/mol. The number of rotatable bonds is 3. The fraction of sp³-hybridized carbons (Fsp3) is 0.429. The Morgan fingerprint density at radius 3 is 2.29 bits per heavy atom. The van der Waals surface area contributed by atoms with Gasteiger partial charge in [-0.3, -0.25) is 9.59 Å². The van der Waals surface area contributed by atoms with E-state index in [2.05, 4.69) is 0 Å². The lowest BCUT2D eigenvalue weighted by molar-refractivity contribution is -0.129. The fourth-order valence-corrected chi connectivity index (χ4v) is 1.44. The van der Waals surface area contributed by atoms with Crippen molar-refractivity contribution in [3.05, 3.63) is 35.4 Å². The van der Waals surface area contributed by atoms with Gasteiger partial charge in [0.25, 0.3) is 0 Å². The largest absolute Gasteiger partial charge is 0.295 e. The molecule has 1 aromatic carbocycles. The predicted molar refractivity (Wildman–Crippen MR) is 64.9 cm³/mol. The van der Waals surface area contributed by atoms with Crippen LogP contribution in [0.3, 0.4) is 0 Å². The molecule has 0 fully saturated rings. The topological polar surface area (TPSA) is 34.1 Å². The van der Waals surface area contributed by atoms with Crippen LogP contribution in [-0.2, 0) is 4.79 Å². The Hall–Kier alpha value is -1.51. The van der Waals surface area contributed by atoms with Gasteiger partial charge in [0, 0.05) is 11.0 Å². The normalized spacial score (nSPS) is 13.2. The number of carbonyl (C=O) groups is 2. The lowest BCUT2D eigenvalue weighted by Crippen LogP contribution is -2.35. The fourth-order valence-electron chi connectivity index (χ4n) is 1.44. The number of halogens is 1. The van der Waals surface area contributed by atoms with Crippen LogP contribution >= 0.6 is 0 Å². The molecule has 0 amide bonds. The molecule has 1 unspecified atom stereocenters. The average Bonchev–Trinajstić information content (AvgIpc) is 2.25. The molecular formula is C14H17FO2. The van der Waals surface area contributed by atoms with E-state index < -0.39 is 23.2 Å². The summed E-state index contributed by atoms with van der Waals surface area (Å²) in [5.74, 6) is -1.43. The van der Waals surface area contributed by atoms with Gasteiger partial charge in [0.2, 0.25) is 12.0 Å². The van der Waals surface area contributed by atoms with E-state index in [1.165, 1.54) is 6.07 Å². The minimum absolute atomic E-state index is 0.245. The molecule has 0 radical (unpaired) electrons. The van der Waals surface area contributed by atoms with E-state index in [0.29, 0.717) is 0 Å². The van der Waals surface area contributed by atoms with Crippen molar-refractivity contribution >= 4 is 11.6 Å². The maximum Gasteiger partial charge on any atom is 0.221 e. The van der Waals surface area contributed by atoms with Gasteiger partial charge in [-0.1, -0.05) is 44.5 Å². The van der Waals surface area contributed by atoms with E-state index in [1.807, 2.05) is 13.0 Å². The molecule has 0 saturated carbocycles. The molecule has 0 spiro atoms. The summed E-state index contributed by atoms with van der Waals surface area (Å²) in [7, 11) is 0. The average molecular weight is 236 g/mol. The number of ketones is 2. The van der Waals surface area contributed by atoms with Crippen LogP contribution in [-0.4, -0.2) is 17.7 Å². The summed E-state index contributed by atoms with van der Waals surface area (Å²) in [6, 6.07) is 6.61. The summed E-state index contributed by atoms with van der Waals surface area (Å²) in [5.41, 5.74) is 0.264. The van der Waals surface area contributed by atoms with Gasteiger partial charge < -0.3 is 0 Å². The van der Waals surface area contributed by atoms with Crippen LogP contribution < -0.4 is 0 Å². The Balaban J connectivity index is 2.95. The zero-order chi connectivity index (χ0) is 13.2. The zero-order valence-electron chi connectivity index (χ0n) is 10.6. The lowest BCUT2D eigenvalue weighted by Gasteiger charge is -2.18. The van der Waals surface area contributed by atoms with Crippen LogP contribution in [0.5, 0.6) is 0 Å².